The molecular formula is C12H19N3O4S2. The second-order valence-electron chi connectivity index (χ2n) is 5.43. The molecule has 1 aliphatic heterocycles. The monoisotopic (exact) mass is 333 g/mol. The van der Waals surface area contributed by atoms with Gasteiger partial charge in [0.15, 0.2) is 9.84 Å². The molecule has 1 aromatic heterocycles. The number of hydrogen-bond donors (Lipinski definition) is 1. The maximum atomic E-state index is 11.8. The lowest BCUT2D eigenvalue weighted by atomic mass is 10.1. The van der Waals surface area contributed by atoms with E-state index in [-0.39, 0.29) is 34.6 Å². The maximum absolute atomic E-state index is 11.8. The predicted octanol–water partition coefficient (Wildman–Crippen LogP) is 0.977. The Balaban J connectivity index is 1.96. The highest BCUT2D eigenvalue weighted by molar-refractivity contribution is 8.00. The number of rotatable bonds is 5. The zero-order chi connectivity index (χ0) is 15.6. The lowest BCUT2D eigenvalue weighted by Crippen LogP contribution is -2.35. The summed E-state index contributed by atoms with van der Waals surface area (Å²) < 4.78 is 28.4. The fourth-order valence-electron chi connectivity index (χ4n) is 2.03. The van der Waals surface area contributed by atoms with Gasteiger partial charge >= 0.3 is 0 Å². The van der Waals surface area contributed by atoms with Gasteiger partial charge in [-0.3, -0.25) is 4.79 Å². The van der Waals surface area contributed by atoms with Crippen LogP contribution >= 0.6 is 11.8 Å². The van der Waals surface area contributed by atoms with E-state index in [1.165, 1.54) is 11.8 Å². The lowest BCUT2D eigenvalue weighted by molar-refractivity contribution is -0.120. The first-order chi connectivity index (χ1) is 9.77. The van der Waals surface area contributed by atoms with Crippen molar-refractivity contribution in [3.63, 3.8) is 0 Å². The van der Waals surface area contributed by atoms with E-state index in [0.717, 1.165) is 0 Å². The topological polar surface area (TPSA) is 102 Å². The van der Waals surface area contributed by atoms with Crippen LogP contribution in [0.4, 0.5) is 0 Å². The van der Waals surface area contributed by atoms with E-state index >= 15 is 0 Å². The number of hydrogen-bond acceptors (Lipinski definition) is 7. The molecule has 1 saturated heterocycles. The van der Waals surface area contributed by atoms with Gasteiger partial charge in [-0.15, -0.1) is 10.2 Å². The van der Waals surface area contributed by atoms with E-state index in [2.05, 4.69) is 15.5 Å². The zero-order valence-corrected chi connectivity index (χ0v) is 13.8. The van der Waals surface area contributed by atoms with Gasteiger partial charge in [0.1, 0.15) is 0 Å². The number of amides is 1. The molecule has 0 unspecified atom stereocenters. The molecule has 0 aromatic carbocycles. The molecule has 2 heterocycles. The number of nitrogens with one attached hydrogen (secondary N) is 1. The Labute approximate surface area is 128 Å². The van der Waals surface area contributed by atoms with Gasteiger partial charge in [-0.05, 0) is 27.2 Å². The molecule has 1 aliphatic rings. The summed E-state index contributed by atoms with van der Waals surface area (Å²) in [6.45, 7) is 5.54. The van der Waals surface area contributed by atoms with Crippen molar-refractivity contribution in [3.05, 3.63) is 5.89 Å². The first-order valence-electron chi connectivity index (χ1n) is 6.77. The molecule has 1 fully saturated rings. The van der Waals surface area contributed by atoms with E-state index in [1.54, 1.807) is 6.92 Å². The van der Waals surface area contributed by atoms with Gasteiger partial charge in [0.25, 0.3) is 5.22 Å². The van der Waals surface area contributed by atoms with E-state index in [1.807, 2.05) is 13.8 Å². The fourth-order valence-corrected chi connectivity index (χ4v) is 4.46. The molecule has 0 saturated carbocycles. The largest absolute Gasteiger partial charge is 0.416 e. The van der Waals surface area contributed by atoms with Crippen LogP contribution in [0.5, 0.6) is 0 Å². The van der Waals surface area contributed by atoms with Crippen LogP contribution in [0.2, 0.25) is 0 Å². The van der Waals surface area contributed by atoms with Gasteiger partial charge in [0.05, 0.1) is 22.7 Å². The van der Waals surface area contributed by atoms with Gasteiger partial charge in [-0.25, -0.2) is 8.42 Å². The van der Waals surface area contributed by atoms with Crippen LogP contribution in [0.1, 0.15) is 39.0 Å². The van der Waals surface area contributed by atoms with Crippen molar-refractivity contribution in [3.8, 4) is 0 Å². The van der Waals surface area contributed by atoms with Crippen LogP contribution in [0.15, 0.2) is 9.64 Å². The minimum Gasteiger partial charge on any atom is -0.416 e. The highest BCUT2D eigenvalue weighted by Crippen LogP contribution is 2.30. The summed E-state index contributed by atoms with van der Waals surface area (Å²) in [5.74, 6) is 0.239. The summed E-state index contributed by atoms with van der Waals surface area (Å²) in [6, 6.07) is 0.0718. The first kappa shape index (κ1) is 16.3. The van der Waals surface area contributed by atoms with E-state index in [4.69, 9.17) is 4.42 Å². The lowest BCUT2D eigenvalue weighted by Gasteiger charge is -2.12. The van der Waals surface area contributed by atoms with E-state index < -0.39 is 9.84 Å². The molecule has 9 heteroatoms. The van der Waals surface area contributed by atoms with Crippen molar-refractivity contribution in [1.82, 2.24) is 15.5 Å². The van der Waals surface area contributed by atoms with Gasteiger partial charge < -0.3 is 9.73 Å². The Kier molecular flexibility index (Phi) is 4.92. The number of carbonyl (C=O) groups is 1. The molecule has 0 aliphatic carbocycles. The summed E-state index contributed by atoms with van der Waals surface area (Å²) in [5, 5.41) is 10.5. The molecule has 1 aromatic rings. The molecule has 21 heavy (non-hydrogen) atoms. The summed E-state index contributed by atoms with van der Waals surface area (Å²) >= 11 is 1.17. The van der Waals surface area contributed by atoms with Gasteiger partial charge in [0, 0.05) is 6.04 Å². The SMILES string of the molecule is CC(C)NC(=O)[C@H](C)Sc1nnc([C@@H]2CCS(=O)(=O)C2)o1. The van der Waals surface area contributed by atoms with Crippen molar-refractivity contribution in [2.45, 2.75) is 49.6 Å². The molecule has 2 atom stereocenters. The second kappa shape index (κ2) is 6.35. The third-order valence-corrected chi connectivity index (χ3v) is 5.78. The van der Waals surface area contributed by atoms with Crippen LogP contribution < -0.4 is 5.32 Å². The fraction of sp³-hybridized carbons (Fsp3) is 0.750. The highest BCUT2D eigenvalue weighted by atomic mass is 32.2. The highest BCUT2D eigenvalue weighted by Gasteiger charge is 2.33. The summed E-state index contributed by atoms with van der Waals surface area (Å²) in [5.41, 5.74) is 0. The van der Waals surface area contributed by atoms with Crippen LogP contribution in [0, 0.1) is 0 Å². The molecule has 2 rings (SSSR count). The standard InChI is InChI=1S/C12H19N3O4S2/c1-7(2)13-10(16)8(3)20-12-15-14-11(19-12)9-4-5-21(17,18)6-9/h7-9H,4-6H2,1-3H3,(H,13,16)/t8-,9+/m0/s1. The molecule has 0 radical (unpaired) electrons. The zero-order valence-electron chi connectivity index (χ0n) is 12.2. The van der Waals surface area contributed by atoms with Crippen LogP contribution in [0.25, 0.3) is 0 Å². The Hall–Kier alpha value is -1.09. The Morgan fingerprint density at radius 2 is 2.10 bits per heavy atom. The number of thioether (sulfide) groups is 1. The van der Waals surface area contributed by atoms with Crippen LogP contribution in [-0.2, 0) is 14.6 Å². The van der Waals surface area contributed by atoms with Crippen molar-refractivity contribution in [2.75, 3.05) is 11.5 Å². The minimum absolute atomic E-state index is 0.0582. The molecule has 118 valence electrons. The smallest absolute Gasteiger partial charge is 0.277 e. The number of nitrogens with zero attached hydrogens (tertiary/aromatic N) is 2. The second-order valence-corrected chi connectivity index (χ2v) is 8.95. The molecular weight excluding hydrogens is 314 g/mol. The number of aromatic nitrogens is 2. The third kappa shape index (κ3) is 4.44. The molecule has 7 nitrogen and oxygen atoms in total. The molecule has 1 amide bonds. The first-order valence-corrected chi connectivity index (χ1v) is 9.48. The van der Waals surface area contributed by atoms with Crippen molar-refractivity contribution < 1.29 is 17.6 Å². The average molecular weight is 333 g/mol. The van der Waals surface area contributed by atoms with Gasteiger partial charge in [-0.1, -0.05) is 11.8 Å². The minimum atomic E-state index is -2.98. The summed E-state index contributed by atoms with van der Waals surface area (Å²) in [7, 11) is -2.98. The molecule has 1 N–H and O–H groups in total. The number of carbonyl (C=O) groups excluding carboxylic acids is 1. The van der Waals surface area contributed by atoms with E-state index in [9.17, 15) is 13.2 Å². The molecule has 0 spiro atoms. The maximum Gasteiger partial charge on any atom is 0.277 e. The summed E-state index contributed by atoms with van der Waals surface area (Å²) in [4.78, 5) is 11.8. The normalized spacial score (nSPS) is 22.4. The van der Waals surface area contributed by atoms with Crippen LogP contribution in [0.3, 0.4) is 0 Å². The van der Waals surface area contributed by atoms with Crippen LogP contribution in [-0.4, -0.2) is 47.3 Å². The Morgan fingerprint density at radius 1 is 1.38 bits per heavy atom. The number of sulfone groups is 1. The quantitative estimate of drug-likeness (QED) is 0.801. The Morgan fingerprint density at radius 3 is 2.67 bits per heavy atom. The Bertz CT molecular complexity index is 612. The van der Waals surface area contributed by atoms with Gasteiger partial charge in [-0.2, -0.15) is 0 Å². The van der Waals surface area contributed by atoms with E-state index in [0.29, 0.717) is 17.5 Å². The van der Waals surface area contributed by atoms with Gasteiger partial charge in [0.2, 0.25) is 11.8 Å². The van der Waals surface area contributed by atoms with Crippen molar-refractivity contribution in [1.29, 1.82) is 0 Å². The summed E-state index contributed by atoms with van der Waals surface area (Å²) in [6.07, 6.45) is 0.512. The van der Waals surface area contributed by atoms with Crippen molar-refractivity contribution >= 4 is 27.5 Å². The average Bonchev–Trinajstić information content (AvgIpc) is 2.94. The third-order valence-electron chi connectivity index (χ3n) is 3.08. The molecule has 0 bridgehead atoms. The predicted molar refractivity (Wildman–Crippen MR) is 78.9 cm³/mol. The van der Waals surface area contributed by atoms with Crippen molar-refractivity contribution in [2.24, 2.45) is 0 Å².